The van der Waals surface area contributed by atoms with Crippen LogP contribution in [0.4, 0.5) is 22.2 Å². The van der Waals surface area contributed by atoms with E-state index in [1.54, 1.807) is 21.5 Å². The highest BCUT2D eigenvalue weighted by molar-refractivity contribution is 5.92. The van der Waals surface area contributed by atoms with E-state index in [4.69, 9.17) is 0 Å². The van der Waals surface area contributed by atoms with Gasteiger partial charge in [-0.25, -0.2) is 19.0 Å². The highest BCUT2D eigenvalue weighted by Crippen LogP contribution is 2.24. The minimum absolute atomic E-state index is 0.0575. The van der Waals surface area contributed by atoms with Gasteiger partial charge >= 0.3 is 6.03 Å². The predicted octanol–water partition coefficient (Wildman–Crippen LogP) is 2.52. The van der Waals surface area contributed by atoms with Crippen molar-refractivity contribution in [3.8, 4) is 5.69 Å². The van der Waals surface area contributed by atoms with Crippen LogP contribution in [0.25, 0.3) is 11.3 Å². The van der Waals surface area contributed by atoms with Gasteiger partial charge < -0.3 is 15.5 Å². The summed E-state index contributed by atoms with van der Waals surface area (Å²) in [4.78, 5) is 31.0. The number of nitrogens with one attached hydrogen (secondary N) is 3. The second-order valence-electron chi connectivity index (χ2n) is 8.01. The Morgan fingerprint density at radius 3 is 2.71 bits per heavy atom. The highest BCUT2D eigenvalue weighted by atomic mass is 16.2. The fraction of sp³-hybridized carbons (Fsp3) is 0.261. The third kappa shape index (κ3) is 4.53. The molecule has 1 saturated heterocycles. The molecule has 0 aliphatic carbocycles. The summed E-state index contributed by atoms with van der Waals surface area (Å²) in [5.74, 6) is 1.47. The Labute approximate surface area is 195 Å². The van der Waals surface area contributed by atoms with Crippen LogP contribution in [0.3, 0.4) is 0 Å². The van der Waals surface area contributed by atoms with Gasteiger partial charge in [-0.3, -0.25) is 10.1 Å². The van der Waals surface area contributed by atoms with Gasteiger partial charge in [0.1, 0.15) is 5.82 Å². The van der Waals surface area contributed by atoms with Crippen LogP contribution in [0.5, 0.6) is 0 Å². The normalized spacial score (nSPS) is 15.4. The first-order chi connectivity index (χ1) is 16.6. The van der Waals surface area contributed by atoms with Crippen LogP contribution < -0.4 is 20.9 Å². The van der Waals surface area contributed by atoms with Crippen molar-refractivity contribution in [2.45, 2.75) is 13.3 Å². The zero-order valence-corrected chi connectivity index (χ0v) is 18.7. The molecule has 11 heteroatoms. The first-order valence-electron chi connectivity index (χ1n) is 11.2. The summed E-state index contributed by atoms with van der Waals surface area (Å²) in [5.41, 5.74) is 1.55. The molecule has 3 aromatic heterocycles. The minimum Gasteiger partial charge on any atom is -0.354 e. The van der Waals surface area contributed by atoms with Gasteiger partial charge in [0.15, 0.2) is 17.3 Å². The van der Waals surface area contributed by atoms with E-state index in [2.05, 4.69) is 36.0 Å². The number of benzene rings is 1. The fourth-order valence-corrected chi connectivity index (χ4v) is 3.95. The van der Waals surface area contributed by atoms with Gasteiger partial charge in [-0.2, -0.15) is 5.10 Å². The average Bonchev–Trinajstić information content (AvgIpc) is 3.58. The lowest BCUT2D eigenvalue weighted by atomic mass is 10.1. The monoisotopic (exact) mass is 459 g/mol. The van der Waals surface area contributed by atoms with Crippen molar-refractivity contribution in [2.24, 2.45) is 5.92 Å². The summed E-state index contributed by atoms with van der Waals surface area (Å²) in [6.45, 7) is 3.65. The maximum absolute atomic E-state index is 12.8. The van der Waals surface area contributed by atoms with Crippen LogP contribution in [-0.4, -0.2) is 56.0 Å². The van der Waals surface area contributed by atoms with Gasteiger partial charge in [0, 0.05) is 31.9 Å². The van der Waals surface area contributed by atoms with E-state index in [0.717, 1.165) is 17.9 Å². The Morgan fingerprint density at radius 1 is 1.03 bits per heavy atom. The topological polar surface area (TPSA) is 121 Å². The molecule has 1 aliphatic rings. The van der Waals surface area contributed by atoms with Gasteiger partial charge in [-0.15, -0.1) is 5.10 Å². The number of carbonyl (C=O) groups excluding carboxylic acids is 2. The molecular formula is C23H25N9O2. The van der Waals surface area contributed by atoms with E-state index in [1.165, 1.54) is 0 Å². The molecule has 11 nitrogen and oxygen atoms in total. The largest absolute Gasteiger partial charge is 0.354 e. The van der Waals surface area contributed by atoms with Crippen LogP contribution in [-0.2, 0) is 4.79 Å². The molecule has 0 radical (unpaired) electrons. The Balaban J connectivity index is 1.22. The quantitative estimate of drug-likeness (QED) is 0.407. The van der Waals surface area contributed by atoms with E-state index in [0.29, 0.717) is 36.9 Å². The highest BCUT2D eigenvalue weighted by Gasteiger charge is 2.29. The summed E-state index contributed by atoms with van der Waals surface area (Å²) in [6, 6.07) is 14.9. The van der Waals surface area contributed by atoms with Crippen LogP contribution >= 0.6 is 0 Å². The Kier molecular flexibility index (Phi) is 5.81. The maximum Gasteiger partial charge on any atom is 0.320 e. The summed E-state index contributed by atoms with van der Waals surface area (Å²) in [5, 5.41) is 17.3. The molecule has 3 N–H and O–H groups in total. The summed E-state index contributed by atoms with van der Waals surface area (Å²) >= 11 is 0. The van der Waals surface area contributed by atoms with Gasteiger partial charge in [0.05, 0.1) is 17.8 Å². The zero-order chi connectivity index (χ0) is 23.5. The first-order valence-corrected chi connectivity index (χ1v) is 11.2. The number of anilines is 3. The van der Waals surface area contributed by atoms with E-state index in [-0.39, 0.29) is 17.9 Å². The van der Waals surface area contributed by atoms with Crippen molar-refractivity contribution in [1.82, 2.24) is 29.7 Å². The lowest BCUT2D eigenvalue weighted by Gasteiger charge is -2.17. The Hall–Kier alpha value is -4.41. The van der Waals surface area contributed by atoms with Crippen molar-refractivity contribution < 1.29 is 9.59 Å². The zero-order valence-electron chi connectivity index (χ0n) is 18.7. The van der Waals surface area contributed by atoms with E-state index >= 15 is 0 Å². The van der Waals surface area contributed by atoms with E-state index in [9.17, 15) is 9.59 Å². The number of fused-ring (bicyclic) bond motifs is 1. The number of imidazole rings is 1. The number of aromatic nitrogens is 5. The fourth-order valence-electron chi connectivity index (χ4n) is 3.95. The molecule has 1 atom stereocenters. The molecule has 3 amide bonds. The molecule has 1 unspecified atom stereocenters. The Bertz CT molecular complexity index is 1310. The third-order valence-electron chi connectivity index (χ3n) is 5.63. The molecular weight excluding hydrogens is 434 g/mol. The second-order valence-corrected chi connectivity index (χ2v) is 8.01. The van der Waals surface area contributed by atoms with Crippen molar-refractivity contribution in [1.29, 1.82) is 0 Å². The van der Waals surface area contributed by atoms with Crippen molar-refractivity contribution >= 4 is 35.0 Å². The van der Waals surface area contributed by atoms with Crippen LogP contribution in [0, 0.1) is 5.92 Å². The molecule has 1 aliphatic heterocycles. The van der Waals surface area contributed by atoms with Crippen molar-refractivity contribution in [3.63, 3.8) is 0 Å². The van der Waals surface area contributed by atoms with Gasteiger partial charge in [-0.1, -0.05) is 18.2 Å². The number of rotatable bonds is 6. The van der Waals surface area contributed by atoms with Crippen LogP contribution in [0.1, 0.15) is 13.3 Å². The standard InChI is InChI=1S/C23H25N9O2/c1-2-24-23(34)27-19-15-32-20(25-19)8-9-21(29-32)30-12-10-16(14-30)22(33)26-18-11-13-31(28-18)17-6-4-3-5-7-17/h3-9,11,13,15-16H,2,10,12,14H2,1H3,(H2,24,27,34)(H,26,28,33). The first kappa shape index (κ1) is 21.4. The lowest BCUT2D eigenvalue weighted by molar-refractivity contribution is -0.119. The van der Waals surface area contributed by atoms with Crippen molar-refractivity contribution in [2.75, 3.05) is 35.2 Å². The molecule has 174 valence electrons. The SMILES string of the molecule is CCNC(=O)Nc1cn2nc(N3CCC(C(=O)Nc4ccn(-c5ccccc5)n4)C3)ccc2n1. The molecule has 0 bridgehead atoms. The average molecular weight is 460 g/mol. The molecule has 1 fully saturated rings. The number of amides is 3. The smallest absolute Gasteiger partial charge is 0.320 e. The molecule has 4 heterocycles. The molecule has 0 spiro atoms. The van der Waals surface area contributed by atoms with Gasteiger partial charge in [-0.05, 0) is 37.6 Å². The number of carbonyl (C=O) groups is 2. The van der Waals surface area contributed by atoms with Crippen LogP contribution in [0.15, 0.2) is 60.9 Å². The number of hydrogen-bond donors (Lipinski definition) is 3. The number of nitrogens with zero attached hydrogens (tertiary/aromatic N) is 6. The molecule has 4 aromatic rings. The number of urea groups is 1. The molecule has 0 saturated carbocycles. The minimum atomic E-state index is -0.312. The molecule has 34 heavy (non-hydrogen) atoms. The lowest BCUT2D eigenvalue weighted by Crippen LogP contribution is -2.28. The van der Waals surface area contributed by atoms with E-state index < -0.39 is 0 Å². The Morgan fingerprint density at radius 2 is 1.88 bits per heavy atom. The summed E-state index contributed by atoms with van der Waals surface area (Å²) < 4.78 is 3.36. The van der Waals surface area contributed by atoms with E-state index in [1.807, 2.05) is 55.6 Å². The predicted molar refractivity (Wildman–Crippen MR) is 128 cm³/mol. The van der Waals surface area contributed by atoms with Crippen LogP contribution in [0.2, 0.25) is 0 Å². The molecule has 1 aromatic carbocycles. The summed E-state index contributed by atoms with van der Waals surface area (Å²) in [6.07, 6.45) is 4.21. The van der Waals surface area contributed by atoms with Gasteiger partial charge in [0.25, 0.3) is 0 Å². The summed E-state index contributed by atoms with van der Waals surface area (Å²) in [7, 11) is 0. The molecule has 5 rings (SSSR count). The third-order valence-corrected chi connectivity index (χ3v) is 5.63. The number of para-hydroxylation sites is 1. The van der Waals surface area contributed by atoms with Gasteiger partial charge in [0.2, 0.25) is 5.91 Å². The number of hydrogen-bond acceptors (Lipinski definition) is 6. The van der Waals surface area contributed by atoms with Crippen molar-refractivity contribution in [3.05, 3.63) is 60.9 Å². The maximum atomic E-state index is 12.8. The second kappa shape index (κ2) is 9.22.